The lowest BCUT2D eigenvalue weighted by atomic mass is 9.84. The van der Waals surface area contributed by atoms with Gasteiger partial charge in [0, 0.05) is 18.9 Å². The lowest BCUT2D eigenvalue weighted by Crippen LogP contribution is -3.17. The first kappa shape index (κ1) is 24.1. The molecule has 1 rings (SSSR count). The zero-order valence-electron chi connectivity index (χ0n) is 17.5. The predicted molar refractivity (Wildman–Crippen MR) is 109 cm³/mol. The molecule has 0 saturated heterocycles. The fourth-order valence-electron chi connectivity index (χ4n) is 4.36. The van der Waals surface area contributed by atoms with E-state index in [9.17, 15) is 18.1 Å². The molecule has 2 N–H and O–H groups in total. The summed E-state index contributed by atoms with van der Waals surface area (Å²) in [6.07, 6.45) is 4.81. The minimum atomic E-state index is -4.60. The van der Waals surface area contributed by atoms with Crippen molar-refractivity contribution in [3.05, 3.63) is 35.4 Å². The maximum Gasteiger partial charge on any atom is 0.193 e. The van der Waals surface area contributed by atoms with Crippen molar-refractivity contribution in [2.24, 2.45) is 0 Å². The number of aliphatic hydroxyl groups excluding tert-OH is 1. The van der Waals surface area contributed by atoms with Crippen LogP contribution in [0.15, 0.2) is 24.3 Å². The van der Waals surface area contributed by atoms with Crippen LogP contribution in [0, 0.1) is 0 Å². The summed E-state index contributed by atoms with van der Waals surface area (Å²) in [6.45, 7) is 6.04. The molecule has 0 saturated carbocycles. The van der Waals surface area contributed by atoms with Crippen LogP contribution in [-0.4, -0.2) is 43.7 Å². The van der Waals surface area contributed by atoms with Crippen molar-refractivity contribution in [3.8, 4) is 0 Å². The largest absolute Gasteiger partial charge is 0.743 e. The predicted octanol–water partition coefficient (Wildman–Crippen LogP) is 2.63. The average Bonchev–Trinajstić information content (AvgIpc) is 2.60. The third-order valence-electron chi connectivity index (χ3n) is 5.85. The van der Waals surface area contributed by atoms with Gasteiger partial charge in [-0.1, -0.05) is 57.9 Å². The highest BCUT2D eigenvalue weighted by Crippen LogP contribution is 2.36. The molecule has 0 aliphatic heterocycles. The topological polar surface area (TPSA) is 81.9 Å². The first-order valence-electron chi connectivity index (χ1n) is 10.1. The van der Waals surface area contributed by atoms with Gasteiger partial charge in [0.25, 0.3) is 0 Å². The van der Waals surface area contributed by atoms with E-state index >= 15 is 0 Å². The Bertz CT molecular complexity index is 669. The highest BCUT2D eigenvalue weighted by molar-refractivity contribution is 7.87. The van der Waals surface area contributed by atoms with E-state index in [1.807, 2.05) is 19.1 Å². The molecule has 0 spiro atoms. The van der Waals surface area contributed by atoms with Gasteiger partial charge in [-0.15, -0.1) is 0 Å². The van der Waals surface area contributed by atoms with Gasteiger partial charge in [0.05, 0.1) is 14.1 Å². The van der Waals surface area contributed by atoms with Crippen LogP contribution in [0.25, 0.3) is 0 Å². The highest BCUT2D eigenvalue weighted by atomic mass is 32.2. The fourth-order valence-corrected chi connectivity index (χ4v) is 5.82. The fraction of sp³-hybridized carbons (Fsp3) is 0.714. The number of rotatable bonds is 12. The second-order valence-electron chi connectivity index (χ2n) is 7.84. The zero-order chi connectivity index (χ0) is 20.7. The van der Waals surface area contributed by atoms with Gasteiger partial charge in [-0.25, -0.2) is 8.42 Å². The maximum absolute atomic E-state index is 12.4. The minimum absolute atomic E-state index is 0.133. The Hall–Kier alpha value is -0.950. The van der Waals surface area contributed by atoms with Crippen LogP contribution in [0.1, 0.15) is 82.3 Å². The third kappa shape index (κ3) is 5.53. The van der Waals surface area contributed by atoms with Crippen LogP contribution in [-0.2, 0) is 10.1 Å². The van der Waals surface area contributed by atoms with Crippen LogP contribution in [0.2, 0.25) is 0 Å². The van der Waals surface area contributed by atoms with Gasteiger partial charge in [-0.2, -0.15) is 0 Å². The molecule has 0 aromatic heterocycles. The number of likely N-dealkylation sites (N-methyl/N-ethyl adjacent to an activating group) is 1. The van der Waals surface area contributed by atoms with E-state index in [1.165, 1.54) is 5.56 Å². The van der Waals surface area contributed by atoms with Gasteiger partial charge in [0.15, 0.2) is 15.0 Å². The Labute approximate surface area is 165 Å². The van der Waals surface area contributed by atoms with Crippen LogP contribution >= 0.6 is 0 Å². The molecule has 0 heterocycles. The lowest BCUT2D eigenvalue weighted by Gasteiger charge is -2.43. The quantitative estimate of drug-likeness (QED) is 0.529. The number of benzene rings is 1. The Morgan fingerprint density at radius 2 is 1.70 bits per heavy atom. The molecule has 0 radical (unpaired) electrons. The Morgan fingerprint density at radius 1 is 1.15 bits per heavy atom. The van der Waals surface area contributed by atoms with Gasteiger partial charge in [-0.05, 0) is 36.3 Å². The molecule has 5 nitrogen and oxygen atoms in total. The SMILES string of the molecule is CCCC(CCC)c1cccc(C(C)C(CCCO)([NH+](C)C)S(=O)(=O)[O-])c1. The molecular weight excluding hydrogens is 362 g/mol. The Kier molecular flexibility index (Phi) is 9.42. The summed E-state index contributed by atoms with van der Waals surface area (Å²) in [6, 6.07) is 8.09. The maximum atomic E-state index is 12.4. The highest BCUT2D eigenvalue weighted by Gasteiger charge is 2.49. The molecule has 156 valence electrons. The lowest BCUT2D eigenvalue weighted by molar-refractivity contribution is -0.901. The second kappa shape index (κ2) is 10.6. The number of hydrogen-bond acceptors (Lipinski definition) is 4. The van der Waals surface area contributed by atoms with Crippen molar-refractivity contribution >= 4 is 10.1 Å². The van der Waals surface area contributed by atoms with E-state index in [4.69, 9.17) is 0 Å². The Balaban J connectivity index is 3.41. The summed E-state index contributed by atoms with van der Waals surface area (Å²) < 4.78 is 37.1. The summed E-state index contributed by atoms with van der Waals surface area (Å²) in [5, 5.41) is 9.26. The molecular formula is C21H37NO4S. The summed E-state index contributed by atoms with van der Waals surface area (Å²) in [5.74, 6) is -0.0186. The van der Waals surface area contributed by atoms with Crippen LogP contribution in [0.3, 0.4) is 0 Å². The molecule has 2 unspecified atom stereocenters. The van der Waals surface area contributed by atoms with Crippen molar-refractivity contribution in [2.45, 2.75) is 76.0 Å². The molecule has 1 aromatic carbocycles. The van der Waals surface area contributed by atoms with Gasteiger partial charge in [0.2, 0.25) is 0 Å². The monoisotopic (exact) mass is 399 g/mol. The van der Waals surface area contributed by atoms with Crippen LogP contribution in [0.4, 0.5) is 0 Å². The molecule has 0 bridgehead atoms. The average molecular weight is 400 g/mol. The molecule has 0 amide bonds. The van der Waals surface area contributed by atoms with Gasteiger partial charge in [-0.3, -0.25) is 0 Å². The molecule has 0 aliphatic rings. The van der Waals surface area contributed by atoms with Gasteiger partial charge >= 0.3 is 0 Å². The van der Waals surface area contributed by atoms with Crippen molar-refractivity contribution < 1.29 is 23.0 Å². The summed E-state index contributed by atoms with van der Waals surface area (Å²) in [4.78, 5) is -0.915. The van der Waals surface area contributed by atoms with E-state index in [0.29, 0.717) is 10.8 Å². The summed E-state index contributed by atoms with van der Waals surface area (Å²) >= 11 is 0. The third-order valence-corrected chi connectivity index (χ3v) is 7.71. The molecule has 1 aromatic rings. The molecule has 6 heteroatoms. The molecule has 2 atom stereocenters. The Morgan fingerprint density at radius 3 is 2.15 bits per heavy atom. The molecule has 0 aliphatic carbocycles. The standard InChI is InChI=1S/C21H37NO4S/c1-6-10-18(11-7-2)20-13-8-12-19(16-20)17(3)21(22(4)5,14-9-15-23)27(24,25)26/h8,12-13,16-18,23H,6-7,9-11,14-15H2,1-5H3,(H,24,25,26). The smallest absolute Gasteiger partial charge is 0.193 e. The first-order chi connectivity index (χ1) is 12.7. The van der Waals surface area contributed by atoms with Gasteiger partial charge in [0.1, 0.15) is 0 Å². The molecule has 27 heavy (non-hydrogen) atoms. The van der Waals surface area contributed by atoms with Crippen molar-refractivity contribution in [3.63, 3.8) is 0 Å². The zero-order valence-corrected chi connectivity index (χ0v) is 18.3. The van der Waals surface area contributed by atoms with Gasteiger partial charge < -0.3 is 14.6 Å². The van der Waals surface area contributed by atoms with Crippen molar-refractivity contribution in [1.29, 1.82) is 0 Å². The van der Waals surface area contributed by atoms with Crippen molar-refractivity contribution in [1.82, 2.24) is 0 Å². The van der Waals surface area contributed by atoms with Crippen molar-refractivity contribution in [2.75, 3.05) is 20.7 Å². The number of quaternary nitrogens is 1. The van der Waals surface area contributed by atoms with E-state index in [-0.39, 0.29) is 19.4 Å². The minimum Gasteiger partial charge on any atom is -0.743 e. The van der Waals surface area contributed by atoms with E-state index in [1.54, 1.807) is 14.1 Å². The second-order valence-corrected chi connectivity index (χ2v) is 9.47. The number of hydrogen-bond donors (Lipinski definition) is 2. The van der Waals surface area contributed by atoms with Crippen LogP contribution < -0.4 is 4.90 Å². The summed E-state index contributed by atoms with van der Waals surface area (Å²) in [7, 11) is -1.17. The van der Waals surface area contributed by atoms with E-state index < -0.39 is 20.9 Å². The summed E-state index contributed by atoms with van der Waals surface area (Å²) in [5.41, 5.74) is 2.10. The first-order valence-corrected chi connectivity index (χ1v) is 11.5. The van der Waals surface area contributed by atoms with E-state index in [2.05, 4.69) is 26.0 Å². The van der Waals surface area contributed by atoms with E-state index in [0.717, 1.165) is 31.2 Å². The number of aliphatic hydroxyl groups is 1. The molecule has 0 fully saturated rings. The normalized spacial score (nSPS) is 15.9. The van der Waals surface area contributed by atoms with Crippen LogP contribution in [0.5, 0.6) is 0 Å². The number of nitrogens with one attached hydrogen (secondary N) is 1.